The summed E-state index contributed by atoms with van der Waals surface area (Å²) in [5, 5.41) is 3.36. The van der Waals surface area contributed by atoms with Crippen molar-refractivity contribution >= 4 is 34.6 Å². The van der Waals surface area contributed by atoms with Crippen LogP contribution in [0.25, 0.3) is 0 Å². The molecule has 3 rings (SSSR count). The maximum absolute atomic E-state index is 12.6. The zero-order chi connectivity index (χ0) is 18.7. The summed E-state index contributed by atoms with van der Waals surface area (Å²) in [6.45, 7) is 9.01. The normalized spacial score (nSPS) is 15.1. The zero-order valence-electron chi connectivity index (χ0n) is 15.3. The number of rotatable bonds is 4. The number of benzene rings is 2. The van der Waals surface area contributed by atoms with E-state index < -0.39 is 0 Å². The minimum atomic E-state index is -0.179. The van der Waals surface area contributed by atoms with Crippen molar-refractivity contribution in [1.29, 1.82) is 0 Å². The molecule has 0 saturated carbocycles. The van der Waals surface area contributed by atoms with Gasteiger partial charge in [0, 0.05) is 31.7 Å². The van der Waals surface area contributed by atoms with Gasteiger partial charge in [0.05, 0.1) is 22.1 Å². The summed E-state index contributed by atoms with van der Waals surface area (Å²) in [7, 11) is 0. The summed E-state index contributed by atoms with van der Waals surface area (Å²) < 4.78 is 0. The van der Waals surface area contributed by atoms with Crippen LogP contribution in [0.3, 0.4) is 0 Å². The number of likely N-dealkylation sites (N-methyl/N-ethyl adjacent to an activating group) is 1. The molecule has 0 unspecified atom stereocenters. The molecule has 1 aliphatic heterocycles. The van der Waals surface area contributed by atoms with Gasteiger partial charge in [0.25, 0.3) is 5.91 Å². The minimum Gasteiger partial charge on any atom is -0.397 e. The monoisotopic (exact) mass is 372 g/mol. The Morgan fingerprint density at radius 1 is 1.19 bits per heavy atom. The largest absolute Gasteiger partial charge is 0.397 e. The van der Waals surface area contributed by atoms with Gasteiger partial charge < -0.3 is 20.9 Å². The van der Waals surface area contributed by atoms with E-state index in [9.17, 15) is 4.79 Å². The third-order valence-electron chi connectivity index (χ3n) is 4.81. The van der Waals surface area contributed by atoms with Crippen LogP contribution >= 0.6 is 11.6 Å². The van der Waals surface area contributed by atoms with Crippen LogP contribution in [0.15, 0.2) is 36.4 Å². The first-order valence-electron chi connectivity index (χ1n) is 8.92. The molecule has 3 N–H and O–H groups in total. The molecule has 5 nitrogen and oxygen atoms in total. The van der Waals surface area contributed by atoms with Crippen molar-refractivity contribution in [3.05, 3.63) is 52.5 Å². The fraction of sp³-hybridized carbons (Fsp3) is 0.350. The van der Waals surface area contributed by atoms with Crippen molar-refractivity contribution in [2.45, 2.75) is 13.8 Å². The second-order valence-electron chi connectivity index (χ2n) is 6.64. The van der Waals surface area contributed by atoms with Crippen LogP contribution in [0.2, 0.25) is 5.02 Å². The first kappa shape index (κ1) is 18.5. The molecule has 6 heteroatoms. The first-order chi connectivity index (χ1) is 12.5. The summed E-state index contributed by atoms with van der Waals surface area (Å²) in [5.41, 5.74) is 9.98. The Morgan fingerprint density at radius 2 is 1.92 bits per heavy atom. The standard InChI is InChI=1S/C20H25ClN4O/c1-3-24-7-9-25(10-8-24)19-13-18(16(21)12-17(19)22)23-20(26)15-6-4-5-14(2)11-15/h4-6,11-13H,3,7-10,22H2,1-2H3,(H,23,26). The highest BCUT2D eigenvalue weighted by atomic mass is 35.5. The molecule has 2 aromatic rings. The Balaban J connectivity index is 1.81. The lowest BCUT2D eigenvalue weighted by atomic mass is 10.1. The topological polar surface area (TPSA) is 61.6 Å². The van der Waals surface area contributed by atoms with E-state index in [4.69, 9.17) is 17.3 Å². The van der Waals surface area contributed by atoms with Crippen molar-refractivity contribution in [2.75, 3.05) is 48.7 Å². The third kappa shape index (κ3) is 4.11. The number of piperazine rings is 1. The maximum atomic E-state index is 12.6. The fourth-order valence-electron chi connectivity index (χ4n) is 3.23. The Bertz CT molecular complexity index is 800. The van der Waals surface area contributed by atoms with E-state index in [1.807, 2.05) is 31.2 Å². The quantitative estimate of drug-likeness (QED) is 0.804. The van der Waals surface area contributed by atoms with E-state index in [1.54, 1.807) is 12.1 Å². The third-order valence-corrected chi connectivity index (χ3v) is 5.12. The van der Waals surface area contributed by atoms with Crippen LogP contribution in [0.4, 0.5) is 17.1 Å². The van der Waals surface area contributed by atoms with Crippen molar-refractivity contribution in [3.8, 4) is 0 Å². The molecular weight excluding hydrogens is 348 g/mol. The molecule has 0 aliphatic carbocycles. The van der Waals surface area contributed by atoms with E-state index >= 15 is 0 Å². The molecule has 0 radical (unpaired) electrons. The molecule has 1 saturated heterocycles. The lowest BCUT2D eigenvalue weighted by Gasteiger charge is -2.36. The number of nitrogen functional groups attached to an aromatic ring is 1. The van der Waals surface area contributed by atoms with Crippen LogP contribution in [0.5, 0.6) is 0 Å². The average Bonchev–Trinajstić information content (AvgIpc) is 2.64. The number of halogens is 1. The van der Waals surface area contributed by atoms with Gasteiger partial charge in [-0.15, -0.1) is 0 Å². The van der Waals surface area contributed by atoms with Crippen molar-refractivity contribution in [1.82, 2.24) is 4.90 Å². The molecule has 0 bridgehead atoms. The maximum Gasteiger partial charge on any atom is 0.255 e. The minimum absolute atomic E-state index is 0.179. The molecular formula is C20H25ClN4O. The lowest BCUT2D eigenvalue weighted by molar-refractivity contribution is 0.102. The Hall–Kier alpha value is -2.24. The van der Waals surface area contributed by atoms with Crippen LogP contribution in [-0.4, -0.2) is 43.5 Å². The molecule has 26 heavy (non-hydrogen) atoms. The van der Waals surface area contributed by atoms with E-state index in [2.05, 4.69) is 22.0 Å². The number of amides is 1. The summed E-state index contributed by atoms with van der Waals surface area (Å²) in [5.74, 6) is -0.179. The Morgan fingerprint density at radius 3 is 2.58 bits per heavy atom. The molecule has 0 aromatic heterocycles. The Kier molecular flexibility index (Phi) is 5.69. The van der Waals surface area contributed by atoms with Crippen LogP contribution in [0.1, 0.15) is 22.8 Å². The zero-order valence-corrected chi connectivity index (χ0v) is 16.0. The molecule has 0 atom stereocenters. The molecule has 1 heterocycles. The predicted molar refractivity (Wildman–Crippen MR) is 109 cm³/mol. The number of nitrogens with one attached hydrogen (secondary N) is 1. The van der Waals surface area contributed by atoms with Crippen molar-refractivity contribution in [2.24, 2.45) is 0 Å². The Labute approximate surface area is 159 Å². The molecule has 0 spiro atoms. The first-order valence-corrected chi connectivity index (χ1v) is 9.30. The van der Waals surface area contributed by atoms with Crippen LogP contribution in [-0.2, 0) is 0 Å². The number of hydrogen-bond donors (Lipinski definition) is 2. The van der Waals surface area contributed by atoms with Gasteiger partial charge in [-0.1, -0.05) is 36.2 Å². The number of nitrogens with two attached hydrogens (primary N) is 1. The van der Waals surface area contributed by atoms with Gasteiger partial charge in [0.15, 0.2) is 0 Å². The van der Waals surface area contributed by atoms with Gasteiger partial charge >= 0.3 is 0 Å². The number of nitrogens with zero attached hydrogens (tertiary/aromatic N) is 2. The summed E-state index contributed by atoms with van der Waals surface area (Å²) >= 11 is 6.33. The van der Waals surface area contributed by atoms with E-state index in [1.165, 1.54) is 0 Å². The summed E-state index contributed by atoms with van der Waals surface area (Å²) in [6, 6.07) is 11.1. The number of carbonyl (C=O) groups is 1. The number of hydrogen-bond acceptors (Lipinski definition) is 4. The highest BCUT2D eigenvalue weighted by Gasteiger charge is 2.19. The van der Waals surface area contributed by atoms with Gasteiger partial charge in [0.1, 0.15) is 0 Å². The van der Waals surface area contributed by atoms with Gasteiger partial charge in [0.2, 0.25) is 0 Å². The number of anilines is 3. The molecule has 2 aromatic carbocycles. The summed E-state index contributed by atoms with van der Waals surface area (Å²) in [4.78, 5) is 17.2. The highest BCUT2D eigenvalue weighted by molar-refractivity contribution is 6.34. The van der Waals surface area contributed by atoms with Gasteiger partial charge in [-0.25, -0.2) is 0 Å². The van der Waals surface area contributed by atoms with Gasteiger partial charge in [-0.3, -0.25) is 4.79 Å². The molecule has 1 amide bonds. The van der Waals surface area contributed by atoms with Crippen molar-refractivity contribution in [3.63, 3.8) is 0 Å². The van der Waals surface area contributed by atoms with Gasteiger partial charge in [-0.05, 0) is 37.7 Å². The van der Waals surface area contributed by atoms with E-state index in [0.717, 1.165) is 44.0 Å². The van der Waals surface area contributed by atoms with E-state index in [0.29, 0.717) is 22.0 Å². The number of aryl methyl sites for hydroxylation is 1. The molecule has 1 aliphatic rings. The smallest absolute Gasteiger partial charge is 0.255 e. The predicted octanol–water partition coefficient (Wildman–Crippen LogP) is 3.62. The fourth-order valence-corrected chi connectivity index (χ4v) is 3.45. The number of carbonyl (C=O) groups excluding carboxylic acids is 1. The highest BCUT2D eigenvalue weighted by Crippen LogP contribution is 2.34. The second kappa shape index (κ2) is 7.98. The average molecular weight is 373 g/mol. The summed E-state index contributed by atoms with van der Waals surface area (Å²) in [6.07, 6.45) is 0. The molecule has 1 fully saturated rings. The molecule has 138 valence electrons. The SMILES string of the molecule is CCN1CCN(c2cc(NC(=O)c3cccc(C)c3)c(Cl)cc2N)CC1. The lowest BCUT2D eigenvalue weighted by Crippen LogP contribution is -2.46. The van der Waals surface area contributed by atoms with Gasteiger partial charge in [-0.2, -0.15) is 0 Å². The van der Waals surface area contributed by atoms with Crippen LogP contribution < -0.4 is 16.0 Å². The second-order valence-corrected chi connectivity index (χ2v) is 7.04. The van der Waals surface area contributed by atoms with Crippen molar-refractivity contribution < 1.29 is 4.79 Å². The van der Waals surface area contributed by atoms with Crippen LogP contribution in [0, 0.1) is 6.92 Å². The van der Waals surface area contributed by atoms with E-state index in [-0.39, 0.29) is 5.91 Å².